The first-order valence-corrected chi connectivity index (χ1v) is 2.77. The van der Waals surface area contributed by atoms with Gasteiger partial charge in [0.25, 0.3) is 0 Å². The number of aryl methyl sites for hydroxylation is 1. The number of alkyl halides is 3. The van der Waals surface area contributed by atoms with Crippen molar-refractivity contribution in [1.29, 1.82) is 0 Å². The van der Waals surface area contributed by atoms with Gasteiger partial charge in [-0.3, -0.25) is 0 Å². The first kappa shape index (κ1) is 7.97. The molecule has 5 heteroatoms. The van der Waals surface area contributed by atoms with Crippen LogP contribution >= 0.6 is 0 Å². The summed E-state index contributed by atoms with van der Waals surface area (Å²) in [6, 6.07) is 1.12. The summed E-state index contributed by atoms with van der Waals surface area (Å²) in [5.41, 5.74) is 0. The molecule has 0 spiro atoms. The lowest BCUT2D eigenvalue weighted by molar-refractivity contribution is -0.274. The predicted molar refractivity (Wildman–Crippen MR) is 30.9 cm³/mol. The van der Waals surface area contributed by atoms with Crippen molar-refractivity contribution in [2.45, 2.75) is 6.36 Å². The van der Waals surface area contributed by atoms with E-state index in [1.165, 1.54) is 10.8 Å². The van der Waals surface area contributed by atoms with Gasteiger partial charge in [-0.1, -0.05) is 0 Å². The monoisotopic (exact) mass is 164 g/mol. The van der Waals surface area contributed by atoms with Crippen LogP contribution in [0.25, 0.3) is 0 Å². The Morgan fingerprint density at radius 3 is 2.55 bits per heavy atom. The number of aromatic nitrogens is 1. The van der Waals surface area contributed by atoms with E-state index in [2.05, 4.69) is 10.9 Å². The van der Waals surface area contributed by atoms with Crippen LogP contribution in [0, 0.1) is 6.20 Å². The summed E-state index contributed by atoms with van der Waals surface area (Å²) in [4.78, 5) is 0. The van der Waals surface area contributed by atoms with Crippen LogP contribution in [0.1, 0.15) is 0 Å². The molecule has 1 aromatic heterocycles. The highest BCUT2D eigenvalue weighted by molar-refractivity contribution is 5.16. The molecule has 0 aliphatic rings. The summed E-state index contributed by atoms with van der Waals surface area (Å²) in [5.74, 6) is -0.250. The zero-order valence-corrected chi connectivity index (χ0v) is 5.64. The van der Waals surface area contributed by atoms with Crippen molar-refractivity contribution < 1.29 is 17.9 Å². The van der Waals surface area contributed by atoms with E-state index >= 15 is 0 Å². The summed E-state index contributed by atoms with van der Waals surface area (Å²) in [6.07, 6.45) is -0.945. The molecule has 0 aliphatic carbocycles. The maximum Gasteiger partial charge on any atom is 0.573 e. The summed E-state index contributed by atoms with van der Waals surface area (Å²) in [5, 5.41) is 0. The van der Waals surface area contributed by atoms with E-state index in [0.29, 0.717) is 0 Å². The topological polar surface area (TPSA) is 14.2 Å². The second kappa shape index (κ2) is 2.48. The molecular weight excluding hydrogens is 159 g/mol. The highest BCUT2D eigenvalue weighted by Gasteiger charge is 2.31. The van der Waals surface area contributed by atoms with E-state index in [0.717, 1.165) is 6.07 Å². The summed E-state index contributed by atoms with van der Waals surface area (Å²) in [7, 11) is 1.56. The summed E-state index contributed by atoms with van der Waals surface area (Å²) < 4.78 is 39.4. The zero-order chi connectivity index (χ0) is 8.48. The van der Waals surface area contributed by atoms with Crippen LogP contribution in [0.15, 0.2) is 12.3 Å². The van der Waals surface area contributed by atoms with Gasteiger partial charge in [-0.2, -0.15) is 0 Å². The Kier molecular flexibility index (Phi) is 1.80. The largest absolute Gasteiger partial charge is 0.573 e. The van der Waals surface area contributed by atoms with Gasteiger partial charge in [0.05, 0.1) is 6.20 Å². The third kappa shape index (κ3) is 2.53. The normalized spacial score (nSPS) is 11.6. The van der Waals surface area contributed by atoms with Crippen molar-refractivity contribution in [1.82, 2.24) is 4.57 Å². The number of hydrogen-bond donors (Lipinski definition) is 0. The minimum atomic E-state index is -4.62. The molecule has 0 saturated carbocycles. The lowest BCUT2D eigenvalue weighted by Gasteiger charge is -2.05. The van der Waals surface area contributed by atoms with Crippen LogP contribution < -0.4 is 4.74 Å². The highest BCUT2D eigenvalue weighted by Crippen LogP contribution is 2.21. The highest BCUT2D eigenvalue weighted by atomic mass is 19.4. The molecule has 11 heavy (non-hydrogen) atoms. The van der Waals surface area contributed by atoms with Gasteiger partial charge in [-0.15, -0.1) is 13.2 Å². The third-order valence-electron chi connectivity index (χ3n) is 0.965. The van der Waals surface area contributed by atoms with Crippen molar-refractivity contribution in [2.75, 3.05) is 0 Å². The van der Waals surface area contributed by atoms with Crippen LogP contribution in [0.4, 0.5) is 13.2 Å². The van der Waals surface area contributed by atoms with Gasteiger partial charge in [-0.25, -0.2) is 0 Å². The van der Waals surface area contributed by atoms with Crippen molar-refractivity contribution in [2.24, 2.45) is 7.05 Å². The molecule has 61 valence electrons. The fraction of sp³-hybridized carbons (Fsp3) is 0.333. The zero-order valence-electron chi connectivity index (χ0n) is 5.64. The number of halogens is 3. The van der Waals surface area contributed by atoms with Crippen molar-refractivity contribution in [3.63, 3.8) is 0 Å². The van der Waals surface area contributed by atoms with Gasteiger partial charge in [-0.05, 0) is 0 Å². The number of ether oxygens (including phenoxy) is 1. The van der Waals surface area contributed by atoms with Crippen LogP contribution in [-0.4, -0.2) is 10.9 Å². The Balaban J connectivity index is 2.65. The van der Waals surface area contributed by atoms with E-state index in [1.807, 2.05) is 0 Å². The molecule has 1 aromatic rings. The van der Waals surface area contributed by atoms with Crippen molar-refractivity contribution in [3.05, 3.63) is 18.5 Å². The van der Waals surface area contributed by atoms with E-state index in [-0.39, 0.29) is 5.75 Å². The Labute approximate surface area is 61.2 Å². The SMILES string of the molecule is Cn1[c]cc(OC(F)(F)F)c1. The summed E-state index contributed by atoms with van der Waals surface area (Å²) >= 11 is 0. The number of rotatable bonds is 1. The Morgan fingerprint density at radius 1 is 1.55 bits per heavy atom. The molecule has 0 aliphatic heterocycles. The molecule has 1 radical (unpaired) electrons. The van der Waals surface area contributed by atoms with Crippen LogP contribution in [0.3, 0.4) is 0 Å². The Hall–Kier alpha value is -1.13. The molecule has 0 aromatic carbocycles. The molecule has 0 amide bonds. The van der Waals surface area contributed by atoms with E-state index in [1.54, 1.807) is 7.05 Å². The summed E-state index contributed by atoms with van der Waals surface area (Å²) in [6.45, 7) is 0. The van der Waals surface area contributed by atoms with Crippen LogP contribution in [0.5, 0.6) is 5.75 Å². The van der Waals surface area contributed by atoms with Gasteiger partial charge in [0, 0.05) is 19.3 Å². The number of nitrogens with zero attached hydrogens (tertiary/aromatic N) is 1. The maximum absolute atomic E-state index is 11.5. The molecule has 1 rings (SSSR count). The van der Waals surface area contributed by atoms with Gasteiger partial charge in [0.2, 0.25) is 0 Å². The van der Waals surface area contributed by atoms with Gasteiger partial charge >= 0.3 is 6.36 Å². The minimum Gasteiger partial charge on any atom is -0.404 e. The molecule has 0 saturated heterocycles. The lowest BCUT2D eigenvalue weighted by Crippen LogP contribution is -2.16. The predicted octanol–water partition coefficient (Wildman–Crippen LogP) is 1.72. The van der Waals surface area contributed by atoms with E-state index in [9.17, 15) is 13.2 Å². The third-order valence-corrected chi connectivity index (χ3v) is 0.965. The fourth-order valence-electron chi connectivity index (χ4n) is 0.620. The van der Waals surface area contributed by atoms with Crippen LogP contribution in [0.2, 0.25) is 0 Å². The lowest BCUT2D eigenvalue weighted by atomic mass is 10.6. The molecule has 2 nitrogen and oxygen atoms in total. The minimum absolute atomic E-state index is 0.250. The van der Waals surface area contributed by atoms with Gasteiger partial charge < -0.3 is 9.30 Å². The second-order valence-electron chi connectivity index (χ2n) is 1.96. The number of hydrogen-bond acceptors (Lipinski definition) is 1. The Morgan fingerprint density at radius 2 is 2.18 bits per heavy atom. The molecule has 0 fully saturated rings. The van der Waals surface area contributed by atoms with Crippen molar-refractivity contribution in [3.8, 4) is 5.75 Å². The molecule has 0 N–H and O–H groups in total. The first-order chi connectivity index (χ1) is 4.97. The Bertz CT molecular complexity index is 240. The quantitative estimate of drug-likeness (QED) is 0.616. The van der Waals surface area contributed by atoms with Gasteiger partial charge in [0.1, 0.15) is 5.75 Å². The van der Waals surface area contributed by atoms with Crippen molar-refractivity contribution >= 4 is 0 Å². The maximum atomic E-state index is 11.5. The second-order valence-corrected chi connectivity index (χ2v) is 1.96. The standard InChI is InChI=1S/C6H5F3NO/c1-10-3-2-5(4-10)11-6(7,8)9/h2,4H,1H3. The average Bonchev–Trinajstić information content (AvgIpc) is 2.10. The molecule has 0 unspecified atom stereocenters. The first-order valence-electron chi connectivity index (χ1n) is 2.77. The molecule has 0 atom stereocenters. The van der Waals surface area contributed by atoms with Crippen LogP contribution in [-0.2, 0) is 7.05 Å². The fourth-order valence-corrected chi connectivity index (χ4v) is 0.620. The average molecular weight is 164 g/mol. The smallest absolute Gasteiger partial charge is 0.404 e. The molecule has 1 heterocycles. The van der Waals surface area contributed by atoms with Gasteiger partial charge in [0.15, 0.2) is 0 Å². The molecule has 0 bridgehead atoms. The van der Waals surface area contributed by atoms with E-state index in [4.69, 9.17) is 0 Å². The van der Waals surface area contributed by atoms with E-state index < -0.39 is 6.36 Å². The molecular formula is C6H5F3NO.